The molecule has 3 rings (SSSR count). The smallest absolute Gasteiger partial charge is 0.262 e. The van der Waals surface area contributed by atoms with Gasteiger partial charge in [-0.1, -0.05) is 5.16 Å². The van der Waals surface area contributed by atoms with Gasteiger partial charge in [0.2, 0.25) is 0 Å². The van der Waals surface area contributed by atoms with Crippen LogP contribution in [0, 0.1) is 6.92 Å². The molecule has 0 bridgehead atoms. The van der Waals surface area contributed by atoms with Crippen molar-refractivity contribution in [3.63, 3.8) is 0 Å². The first kappa shape index (κ1) is 11.5. The van der Waals surface area contributed by atoms with Gasteiger partial charge in [0.1, 0.15) is 0 Å². The number of imide groups is 1. The lowest BCUT2D eigenvalue weighted by molar-refractivity contribution is 0.0628. The molecular weight excluding hydrogens is 246 g/mol. The van der Waals surface area contributed by atoms with Gasteiger partial charge in [-0.15, -0.1) is 0 Å². The second-order valence-electron chi connectivity index (χ2n) is 4.44. The Morgan fingerprint density at radius 1 is 1.21 bits per heavy atom. The van der Waals surface area contributed by atoms with Gasteiger partial charge in [-0.2, -0.15) is 0 Å². The third-order valence-corrected chi connectivity index (χ3v) is 2.99. The molecule has 2 heterocycles. The van der Waals surface area contributed by atoms with Crippen molar-refractivity contribution in [2.75, 3.05) is 5.73 Å². The Morgan fingerprint density at radius 2 is 1.95 bits per heavy atom. The number of nitrogen functional groups attached to an aromatic ring is 1. The lowest BCUT2D eigenvalue weighted by Crippen LogP contribution is -2.28. The topological polar surface area (TPSA) is 89.4 Å². The highest BCUT2D eigenvalue weighted by molar-refractivity contribution is 6.21. The number of aromatic nitrogens is 1. The molecule has 2 aromatic rings. The Bertz CT molecular complexity index is 690. The number of amides is 2. The monoisotopic (exact) mass is 257 g/mol. The highest BCUT2D eigenvalue weighted by atomic mass is 16.5. The fourth-order valence-corrected chi connectivity index (χ4v) is 2.10. The van der Waals surface area contributed by atoms with Gasteiger partial charge in [-0.25, -0.2) is 0 Å². The van der Waals surface area contributed by atoms with Crippen molar-refractivity contribution in [2.24, 2.45) is 0 Å². The van der Waals surface area contributed by atoms with Gasteiger partial charge in [0.05, 0.1) is 23.4 Å². The van der Waals surface area contributed by atoms with Crippen LogP contribution in [-0.2, 0) is 6.54 Å². The molecule has 0 fully saturated rings. The summed E-state index contributed by atoms with van der Waals surface area (Å²) in [5.74, 6) is -0.226. The fraction of sp³-hybridized carbons (Fsp3) is 0.154. The number of benzene rings is 1. The number of aryl methyl sites for hydroxylation is 1. The van der Waals surface area contributed by atoms with Crippen molar-refractivity contribution in [3.8, 4) is 0 Å². The Kier molecular flexibility index (Phi) is 2.38. The SMILES string of the molecule is Cc1cc(CN2C(=O)c3ccc(N)cc3C2=O)on1. The minimum Gasteiger partial charge on any atom is -0.399 e. The summed E-state index contributed by atoms with van der Waals surface area (Å²) < 4.78 is 5.02. The molecule has 0 saturated carbocycles. The van der Waals surface area contributed by atoms with E-state index in [0.29, 0.717) is 28.3 Å². The molecule has 0 saturated heterocycles. The van der Waals surface area contributed by atoms with Crippen LogP contribution in [0.15, 0.2) is 28.8 Å². The average Bonchev–Trinajstić information content (AvgIpc) is 2.88. The zero-order chi connectivity index (χ0) is 13.6. The van der Waals surface area contributed by atoms with E-state index >= 15 is 0 Å². The number of nitrogens with zero attached hydrogens (tertiary/aromatic N) is 2. The molecule has 0 radical (unpaired) electrons. The largest absolute Gasteiger partial charge is 0.399 e. The van der Waals surface area contributed by atoms with E-state index in [-0.39, 0.29) is 18.4 Å². The summed E-state index contributed by atoms with van der Waals surface area (Å²) in [4.78, 5) is 25.4. The van der Waals surface area contributed by atoms with Crippen LogP contribution < -0.4 is 5.73 Å². The highest BCUT2D eigenvalue weighted by Crippen LogP contribution is 2.26. The Labute approximate surface area is 108 Å². The molecule has 2 amide bonds. The molecule has 1 aromatic heterocycles. The number of hydrogen-bond donors (Lipinski definition) is 1. The summed E-state index contributed by atoms with van der Waals surface area (Å²) in [5.41, 5.74) is 7.49. The molecule has 1 aromatic carbocycles. The van der Waals surface area contributed by atoms with Crippen LogP contribution in [0.3, 0.4) is 0 Å². The van der Waals surface area contributed by atoms with Crippen LogP contribution in [0.25, 0.3) is 0 Å². The number of anilines is 1. The number of rotatable bonds is 2. The van der Waals surface area contributed by atoms with Crippen molar-refractivity contribution >= 4 is 17.5 Å². The summed E-state index contributed by atoms with van der Waals surface area (Å²) in [5, 5.41) is 3.73. The molecule has 2 N–H and O–H groups in total. The van der Waals surface area contributed by atoms with E-state index in [9.17, 15) is 9.59 Å². The molecule has 0 atom stereocenters. The third-order valence-electron chi connectivity index (χ3n) is 2.99. The lowest BCUT2D eigenvalue weighted by Gasteiger charge is -2.10. The third kappa shape index (κ3) is 1.77. The molecular formula is C13H11N3O3. The maximum absolute atomic E-state index is 12.2. The summed E-state index contributed by atoms with van der Waals surface area (Å²) >= 11 is 0. The standard InChI is InChI=1S/C13H11N3O3/c1-7-4-9(19-15-7)6-16-12(17)10-3-2-8(14)5-11(10)13(16)18/h2-5H,6,14H2,1H3. The predicted octanol–water partition coefficient (Wildman–Crippen LogP) is 1.36. The average molecular weight is 257 g/mol. The second-order valence-corrected chi connectivity index (χ2v) is 4.44. The molecule has 0 spiro atoms. The van der Waals surface area contributed by atoms with Crippen LogP contribution in [-0.4, -0.2) is 21.9 Å². The van der Waals surface area contributed by atoms with Crippen LogP contribution in [0.4, 0.5) is 5.69 Å². The molecule has 6 heteroatoms. The van der Waals surface area contributed by atoms with Crippen molar-refractivity contribution in [3.05, 3.63) is 46.8 Å². The highest BCUT2D eigenvalue weighted by Gasteiger charge is 2.36. The Morgan fingerprint density at radius 3 is 2.63 bits per heavy atom. The minimum absolute atomic E-state index is 0.0765. The number of nitrogens with two attached hydrogens (primary N) is 1. The number of carbonyl (C=O) groups excluding carboxylic acids is 2. The molecule has 1 aliphatic heterocycles. The van der Waals surface area contributed by atoms with Crippen molar-refractivity contribution in [2.45, 2.75) is 13.5 Å². The zero-order valence-electron chi connectivity index (χ0n) is 10.2. The number of hydrogen-bond acceptors (Lipinski definition) is 5. The minimum atomic E-state index is -0.360. The maximum atomic E-state index is 12.2. The normalized spacial score (nSPS) is 14.1. The molecule has 6 nitrogen and oxygen atoms in total. The first-order valence-electron chi connectivity index (χ1n) is 5.74. The Balaban J connectivity index is 1.94. The first-order chi connectivity index (χ1) is 9.06. The van der Waals surface area contributed by atoms with Gasteiger partial charge in [0.15, 0.2) is 5.76 Å². The van der Waals surface area contributed by atoms with E-state index in [1.54, 1.807) is 25.1 Å². The summed E-state index contributed by atoms with van der Waals surface area (Å²) in [6.45, 7) is 1.85. The van der Waals surface area contributed by atoms with Gasteiger partial charge >= 0.3 is 0 Å². The summed E-state index contributed by atoms with van der Waals surface area (Å²) in [6, 6.07) is 6.38. The van der Waals surface area contributed by atoms with E-state index in [1.807, 2.05) is 0 Å². The first-order valence-corrected chi connectivity index (χ1v) is 5.74. The van der Waals surface area contributed by atoms with E-state index in [0.717, 1.165) is 4.90 Å². The summed E-state index contributed by atoms with van der Waals surface area (Å²) in [7, 11) is 0. The van der Waals surface area contributed by atoms with Crippen molar-refractivity contribution < 1.29 is 14.1 Å². The van der Waals surface area contributed by atoms with Gasteiger partial charge < -0.3 is 10.3 Å². The van der Waals surface area contributed by atoms with Gasteiger partial charge in [0, 0.05) is 11.8 Å². The van der Waals surface area contributed by atoms with E-state index in [1.165, 1.54) is 6.07 Å². The van der Waals surface area contributed by atoms with Gasteiger partial charge in [0.25, 0.3) is 11.8 Å². The van der Waals surface area contributed by atoms with Crippen molar-refractivity contribution in [1.82, 2.24) is 10.1 Å². The second kappa shape index (κ2) is 3.94. The maximum Gasteiger partial charge on any atom is 0.262 e. The molecule has 1 aliphatic rings. The predicted molar refractivity (Wildman–Crippen MR) is 66.3 cm³/mol. The number of fused-ring (bicyclic) bond motifs is 1. The molecule has 96 valence electrons. The van der Waals surface area contributed by atoms with E-state index < -0.39 is 0 Å². The van der Waals surface area contributed by atoms with Gasteiger partial charge in [-0.3, -0.25) is 14.5 Å². The van der Waals surface area contributed by atoms with Crippen molar-refractivity contribution in [1.29, 1.82) is 0 Å². The van der Waals surface area contributed by atoms with Crippen LogP contribution >= 0.6 is 0 Å². The summed E-state index contributed by atoms with van der Waals surface area (Å²) in [6.07, 6.45) is 0. The van der Waals surface area contributed by atoms with E-state index in [4.69, 9.17) is 10.3 Å². The Hall–Kier alpha value is -2.63. The van der Waals surface area contributed by atoms with Crippen LogP contribution in [0.5, 0.6) is 0 Å². The van der Waals surface area contributed by atoms with Gasteiger partial charge in [-0.05, 0) is 25.1 Å². The van der Waals surface area contributed by atoms with Crippen LogP contribution in [0.2, 0.25) is 0 Å². The van der Waals surface area contributed by atoms with Crippen LogP contribution in [0.1, 0.15) is 32.2 Å². The fourth-order valence-electron chi connectivity index (χ4n) is 2.10. The molecule has 0 unspecified atom stereocenters. The zero-order valence-corrected chi connectivity index (χ0v) is 10.2. The quantitative estimate of drug-likeness (QED) is 0.648. The van der Waals surface area contributed by atoms with E-state index in [2.05, 4.69) is 5.16 Å². The lowest BCUT2D eigenvalue weighted by atomic mass is 10.1. The number of carbonyl (C=O) groups is 2. The molecule has 0 aliphatic carbocycles. The molecule has 19 heavy (non-hydrogen) atoms.